The second-order valence-corrected chi connectivity index (χ2v) is 10.8. The lowest BCUT2D eigenvalue weighted by molar-refractivity contribution is -0.165. The maximum Gasteiger partial charge on any atom is 0.334 e. The third-order valence-corrected chi connectivity index (χ3v) is 8.37. The van der Waals surface area contributed by atoms with Gasteiger partial charge < -0.3 is 15.0 Å². The molecule has 0 aliphatic carbocycles. The van der Waals surface area contributed by atoms with Gasteiger partial charge in [-0.3, -0.25) is 9.59 Å². The molecule has 0 spiro atoms. The van der Waals surface area contributed by atoms with Gasteiger partial charge in [0.25, 0.3) is 0 Å². The lowest BCUT2D eigenvalue weighted by Gasteiger charge is -2.53. The number of thioether (sulfide) groups is 1. The fraction of sp³-hybridized carbons (Fsp3) is 0.179. The van der Waals surface area contributed by atoms with Gasteiger partial charge in [-0.05, 0) is 28.1 Å². The lowest BCUT2D eigenvalue weighted by atomic mass is 9.96. The smallest absolute Gasteiger partial charge is 0.334 e. The summed E-state index contributed by atoms with van der Waals surface area (Å²) in [5, 5.41) is 4.27. The van der Waals surface area contributed by atoms with Crippen molar-refractivity contribution in [3.63, 3.8) is 0 Å². The Morgan fingerprint density at radius 1 is 0.972 bits per heavy atom. The molecule has 6 nitrogen and oxygen atoms in total. The number of amides is 2. The molecule has 2 aliphatic heterocycles. The summed E-state index contributed by atoms with van der Waals surface area (Å²) >= 11 is 2.82. The molecule has 2 aliphatic rings. The van der Waals surface area contributed by atoms with Crippen molar-refractivity contribution < 1.29 is 19.1 Å². The second-order valence-electron chi connectivity index (χ2n) is 8.54. The molecule has 1 N–H and O–H groups in total. The van der Waals surface area contributed by atoms with E-state index in [4.69, 9.17) is 4.74 Å². The highest BCUT2D eigenvalue weighted by Gasteiger charge is 2.57. The van der Waals surface area contributed by atoms with Crippen molar-refractivity contribution in [1.29, 1.82) is 0 Å². The standard InChI is InChI=1S/C28H24N2O4S2/c1-17-18(2)36-27-23(29-22(31)16-21-14-9-15-35-21)26(32)30(27)24(17)28(33)34-25(19-10-5-3-6-11-19)20-12-7-4-8-13-20/h3-15,23-25,27H,1-2,16H2,(H,29,31). The van der Waals surface area contributed by atoms with Crippen LogP contribution in [-0.4, -0.2) is 40.1 Å². The third kappa shape index (κ3) is 4.62. The molecule has 3 aromatic rings. The minimum Gasteiger partial charge on any atom is -0.451 e. The first-order valence-electron chi connectivity index (χ1n) is 11.4. The monoisotopic (exact) mass is 516 g/mol. The van der Waals surface area contributed by atoms with E-state index in [2.05, 4.69) is 18.5 Å². The van der Waals surface area contributed by atoms with Crippen LogP contribution in [0.1, 0.15) is 22.1 Å². The van der Waals surface area contributed by atoms with Crippen LogP contribution in [0, 0.1) is 0 Å². The number of carbonyl (C=O) groups excluding carboxylic acids is 3. The molecule has 0 saturated carbocycles. The van der Waals surface area contributed by atoms with Crippen LogP contribution in [0.5, 0.6) is 0 Å². The molecule has 2 aromatic carbocycles. The Bertz CT molecular complexity index is 1270. The van der Waals surface area contributed by atoms with Crippen LogP contribution in [0.25, 0.3) is 0 Å². The number of thiophene rings is 1. The van der Waals surface area contributed by atoms with E-state index in [1.165, 1.54) is 28.0 Å². The van der Waals surface area contributed by atoms with Crippen LogP contribution in [0.15, 0.2) is 102 Å². The van der Waals surface area contributed by atoms with Crippen molar-refractivity contribution in [2.24, 2.45) is 0 Å². The molecule has 1 aromatic heterocycles. The molecule has 2 saturated heterocycles. The van der Waals surface area contributed by atoms with E-state index < -0.39 is 29.5 Å². The molecule has 0 bridgehead atoms. The molecule has 0 radical (unpaired) electrons. The van der Waals surface area contributed by atoms with Crippen molar-refractivity contribution in [2.45, 2.75) is 30.0 Å². The van der Waals surface area contributed by atoms with Gasteiger partial charge in [0.1, 0.15) is 11.4 Å². The first kappa shape index (κ1) is 24.1. The minimum absolute atomic E-state index is 0.202. The number of nitrogens with one attached hydrogen (secondary N) is 1. The largest absolute Gasteiger partial charge is 0.451 e. The van der Waals surface area contributed by atoms with E-state index in [-0.39, 0.29) is 18.2 Å². The van der Waals surface area contributed by atoms with Crippen molar-refractivity contribution in [3.05, 3.63) is 118 Å². The van der Waals surface area contributed by atoms with Gasteiger partial charge in [0.15, 0.2) is 12.1 Å². The number of nitrogens with zero attached hydrogens (tertiary/aromatic N) is 1. The first-order valence-corrected chi connectivity index (χ1v) is 13.2. The van der Waals surface area contributed by atoms with Crippen molar-refractivity contribution in [3.8, 4) is 0 Å². The number of hydrogen-bond donors (Lipinski definition) is 1. The Balaban J connectivity index is 1.35. The molecule has 182 valence electrons. The molecule has 36 heavy (non-hydrogen) atoms. The predicted molar refractivity (Wildman–Crippen MR) is 141 cm³/mol. The van der Waals surface area contributed by atoms with Crippen LogP contribution in [-0.2, 0) is 25.5 Å². The van der Waals surface area contributed by atoms with Gasteiger partial charge in [-0.2, -0.15) is 0 Å². The summed E-state index contributed by atoms with van der Waals surface area (Å²) in [6, 6.07) is 20.9. The van der Waals surface area contributed by atoms with Crippen LogP contribution in [0.4, 0.5) is 0 Å². The highest BCUT2D eigenvalue weighted by atomic mass is 32.2. The summed E-state index contributed by atoms with van der Waals surface area (Å²) in [6.07, 6.45) is -0.444. The van der Waals surface area contributed by atoms with E-state index >= 15 is 0 Å². The Morgan fingerprint density at radius 2 is 1.61 bits per heavy atom. The zero-order valence-electron chi connectivity index (χ0n) is 19.3. The van der Waals surface area contributed by atoms with Crippen LogP contribution in [0.2, 0.25) is 0 Å². The fourth-order valence-corrected chi connectivity index (χ4v) is 6.29. The quantitative estimate of drug-likeness (QED) is 0.371. The fourth-order valence-electron chi connectivity index (χ4n) is 4.38. The number of fused-ring (bicyclic) bond motifs is 1. The average Bonchev–Trinajstić information content (AvgIpc) is 3.41. The molecule has 8 heteroatoms. The summed E-state index contributed by atoms with van der Waals surface area (Å²) in [4.78, 5) is 42.2. The van der Waals surface area contributed by atoms with Gasteiger partial charge in [-0.25, -0.2) is 4.79 Å². The Labute approximate surface area is 217 Å². The molecule has 3 unspecified atom stereocenters. The molecular formula is C28H24N2O4S2. The van der Waals surface area contributed by atoms with Crippen LogP contribution < -0.4 is 5.32 Å². The number of β-lactam (4-membered cyclic amide) rings is 1. The highest BCUT2D eigenvalue weighted by Crippen LogP contribution is 2.46. The van der Waals surface area contributed by atoms with Crippen LogP contribution in [0.3, 0.4) is 0 Å². The third-order valence-electron chi connectivity index (χ3n) is 6.20. The lowest BCUT2D eigenvalue weighted by Crippen LogP contribution is -2.74. The predicted octanol–water partition coefficient (Wildman–Crippen LogP) is 4.46. The zero-order valence-corrected chi connectivity index (χ0v) is 21.0. The summed E-state index contributed by atoms with van der Waals surface area (Å²) in [5.41, 5.74) is 2.06. The number of rotatable bonds is 7. The van der Waals surface area contributed by atoms with Gasteiger partial charge in [-0.1, -0.05) is 91.6 Å². The maximum atomic E-state index is 13.6. The van der Waals surface area contributed by atoms with E-state index in [0.29, 0.717) is 10.5 Å². The highest BCUT2D eigenvalue weighted by molar-refractivity contribution is 8.04. The molecule has 2 amide bonds. The molecule has 5 rings (SSSR count). The molecule has 2 fully saturated rings. The first-order chi connectivity index (χ1) is 17.4. The van der Waals surface area contributed by atoms with Gasteiger partial charge >= 0.3 is 5.97 Å². The number of hydrogen-bond acceptors (Lipinski definition) is 6. The van der Waals surface area contributed by atoms with Crippen LogP contribution >= 0.6 is 23.1 Å². The SMILES string of the molecule is C=C1SC2C(NC(=O)Cc3cccs3)C(=O)N2C(C(=O)OC(c2ccccc2)c2ccccc2)C1=C. The Kier molecular flexibility index (Phi) is 6.80. The van der Waals surface area contributed by atoms with E-state index in [0.717, 1.165) is 16.0 Å². The normalized spacial score (nSPS) is 21.1. The van der Waals surface area contributed by atoms with Crippen molar-refractivity contribution >= 4 is 40.9 Å². The van der Waals surface area contributed by atoms with Crippen molar-refractivity contribution in [2.75, 3.05) is 0 Å². The van der Waals surface area contributed by atoms with Gasteiger partial charge in [0, 0.05) is 9.78 Å². The summed E-state index contributed by atoms with van der Waals surface area (Å²) in [7, 11) is 0. The minimum atomic E-state index is -1.00. The average molecular weight is 517 g/mol. The summed E-state index contributed by atoms with van der Waals surface area (Å²) in [5.74, 6) is -1.15. The summed E-state index contributed by atoms with van der Waals surface area (Å²) in [6.45, 7) is 8.09. The van der Waals surface area contributed by atoms with E-state index in [1.807, 2.05) is 78.2 Å². The van der Waals surface area contributed by atoms with E-state index in [9.17, 15) is 14.4 Å². The number of ether oxygens (including phenoxy) is 1. The molecular weight excluding hydrogens is 492 g/mol. The topological polar surface area (TPSA) is 75.7 Å². The summed E-state index contributed by atoms with van der Waals surface area (Å²) < 4.78 is 6.04. The molecule has 3 atom stereocenters. The van der Waals surface area contributed by atoms with Gasteiger partial charge in [0.05, 0.1) is 6.42 Å². The number of benzene rings is 2. The van der Waals surface area contributed by atoms with Crippen molar-refractivity contribution in [1.82, 2.24) is 10.2 Å². The maximum absolute atomic E-state index is 13.6. The zero-order chi connectivity index (χ0) is 25.2. The molecule has 3 heterocycles. The Morgan fingerprint density at radius 3 is 2.19 bits per heavy atom. The second kappa shape index (κ2) is 10.2. The number of esters is 1. The van der Waals surface area contributed by atoms with Gasteiger partial charge in [0.2, 0.25) is 11.8 Å². The Hall–Kier alpha value is -3.62. The van der Waals surface area contributed by atoms with E-state index in [1.54, 1.807) is 0 Å². The number of carbonyl (C=O) groups is 3. The van der Waals surface area contributed by atoms with Gasteiger partial charge in [-0.15, -0.1) is 11.3 Å².